The Morgan fingerprint density at radius 3 is 2.08 bits per heavy atom. The third kappa shape index (κ3) is 6.54. The first-order valence-corrected chi connectivity index (χ1v) is 18.1. The van der Waals surface area contributed by atoms with Gasteiger partial charge in [0.15, 0.2) is 0 Å². The third-order valence-electron chi connectivity index (χ3n) is 11.0. The van der Waals surface area contributed by atoms with Gasteiger partial charge < -0.3 is 19.1 Å². The van der Waals surface area contributed by atoms with Crippen molar-refractivity contribution >= 4 is 44.6 Å². The number of anilines is 4. The summed E-state index contributed by atoms with van der Waals surface area (Å²) >= 11 is 0. The van der Waals surface area contributed by atoms with Crippen LogP contribution >= 0.6 is 0 Å². The summed E-state index contributed by atoms with van der Waals surface area (Å²) in [4.78, 5) is 9.27. The van der Waals surface area contributed by atoms with Crippen molar-refractivity contribution in [1.29, 1.82) is 0 Å². The van der Waals surface area contributed by atoms with Gasteiger partial charge in [-0.1, -0.05) is 103 Å². The summed E-state index contributed by atoms with van der Waals surface area (Å²) in [6.07, 6.45) is 1.90. The minimum Gasteiger partial charge on any atom is -0.509 e. The summed E-state index contributed by atoms with van der Waals surface area (Å²) in [5, 5.41) is 2.25. The summed E-state index contributed by atoms with van der Waals surface area (Å²) in [6.45, 7) is 20.4. The van der Waals surface area contributed by atoms with Gasteiger partial charge in [0.05, 0.1) is 0 Å². The molecule has 3 heterocycles. The van der Waals surface area contributed by atoms with E-state index in [1.54, 1.807) is 0 Å². The fourth-order valence-corrected chi connectivity index (χ4v) is 6.92. The van der Waals surface area contributed by atoms with Gasteiger partial charge in [-0.15, -0.1) is 48.1 Å². The van der Waals surface area contributed by atoms with Crippen LogP contribution in [0.15, 0.2) is 121 Å². The number of fused-ring (bicyclic) bond motifs is 4. The first kappa shape index (κ1) is 36.5. The SMILES string of the molecule is CC(C)(C)c1ccnc(-n2c3[c-]c(Oc4[c-]c(N5[CH-]N(c6cccc(C(C)(C)C(C)(C)C)c6)c6ccccc65)ccc4)ccc3c3ccccc32)c1.[Pt]. The monoisotopic (exact) mass is 876 g/mol. The first-order valence-electron chi connectivity index (χ1n) is 18.1. The van der Waals surface area contributed by atoms with Crippen molar-refractivity contribution < 1.29 is 25.8 Å². The zero-order valence-electron chi connectivity index (χ0n) is 31.6. The summed E-state index contributed by atoms with van der Waals surface area (Å²) in [5.74, 6) is 2.09. The van der Waals surface area contributed by atoms with Crippen molar-refractivity contribution in [3.8, 4) is 17.3 Å². The van der Waals surface area contributed by atoms with E-state index in [4.69, 9.17) is 9.72 Å². The van der Waals surface area contributed by atoms with Gasteiger partial charge >= 0.3 is 0 Å². The molecule has 53 heavy (non-hydrogen) atoms. The minimum absolute atomic E-state index is 0. The molecule has 0 atom stereocenters. The van der Waals surface area contributed by atoms with Gasteiger partial charge in [-0.2, -0.15) is 12.1 Å². The molecule has 1 aliphatic heterocycles. The van der Waals surface area contributed by atoms with Gasteiger partial charge in [0.2, 0.25) is 0 Å². The molecule has 0 saturated heterocycles. The average molecular weight is 877 g/mol. The van der Waals surface area contributed by atoms with Gasteiger partial charge in [0.1, 0.15) is 5.82 Å². The van der Waals surface area contributed by atoms with Crippen molar-refractivity contribution in [2.45, 2.75) is 66.2 Å². The van der Waals surface area contributed by atoms with Gasteiger partial charge in [-0.3, -0.25) is 0 Å². The predicted molar refractivity (Wildman–Crippen MR) is 215 cm³/mol. The van der Waals surface area contributed by atoms with Gasteiger partial charge in [-0.25, -0.2) is 4.98 Å². The molecular weight excluding hydrogens is 832 g/mol. The maximum Gasteiger partial charge on any atom is 0.135 e. The van der Waals surface area contributed by atoms with Crippen molar-refractivity contribution in [3.63, 3.8) is 0 Å². The Balaban J connectivity index is 0.00000435. The van der Waals surface area contributed by atoms with E-state index in [-0.39, 0.29) is 37.3 Å². The Morgan fingerprint density at radius 2 is 1.32 bits per heavy atom. The molecule has 0 fully saturated rings. The van der Waals surface area contributed by atoms with Crippen LogP contribution in [-0.2, 0) is 31.9 Å². The normalized spacial score (nSPS) is 13.4. The van der Waals surface area contributed by atoms with Gasteiger partial charge in [0, 0.05) is 61.3 Å². The fourth-order valence-electron chi connectivity index (χ4n) is 6.92. The topological polar surface area (TPSA) is 33.5 Å². The van der Waals surface area contributed by atoms with Crippen molar-refractivity contribution in [3.05, 3.63) is 151 Å². The van der Waals surface area contributed by atoms with E-state index in [1.807, 2.05) is 24.4 Å². The molecule has 0 radical (unpaired) electrons. The summed E-state index contributed by atoms with van der Waals surface area (Å²) in [6, 6.07) is 47.4. The van der Waals surface area contributed by atoms with Crippen LogP contribution in [-0.4, -0.2) is 9.55 Å². The van der Waals surface area contributed by atoms with Gasteiger partial charge in [-0.05, 0) is 75.2 Å². The first-order chi connectivity index (χ1) is 24.8. The molecule has 0 amide bonds. The number of aromatic nitrogens is 2. The smallest absolute Gasteiger partial charge is 0.135 e. The van der Waals surface area contributed by atoms with E-state index in [2.05, 4.69) is 186 Å². The van der Waals surface area contributed by atoms with Crippen LogP contribution in [0.25, 0.3) is 27.6 Å². The molecule has 2 aromatic heterocycles. The van der Waals surface area contributed by atoms with E-state index < -0.39 is 0 Å². The Bertz CT molecular complexity index is 2450. The summed E-state index contributed by atoms with van der Waals surface area (Å²) < 4.78 is 8.73. The van der Waals surface area contributed by atoms with Crippen LogP contribution in [0.3, 0.4) is 0 Å². The van der Waals surface area contributed by atoms with Crippen LogP contribution < -0.4 is 14.5 Å². The molecule has 7 aromatic rings. The maximum atomic E-state index is 6.54. The van der Waals surface area contributed by atoms with Crippen LogP contribution in [0.2, 0.25) is 0 Å². The Hall–Kier alpha value is -4.86. The summed E-state index contributed by atoms with van der Waals surface area (Å²) in [7, 11) is 0. The molecule has 0 bridgehead atoms. The number of pyridine rings is 1. The molecule has 6 heteroatoms. The Kier molecular flexibility index (Phi) is 9.31. The van der Waals surface area contributed by atoms with E-state index in [9.17, 15) is 0 Å². The second kappa shape index (κ2) is 13.5. The van der Waals surface area contributed by atoms with E-state index in [0.29, 0.717) is 11.5 Å². The second-order valence-corrected chi connectivity index (χ2v) is 16.4. The number of rotatable bonds is 6. The maximum absolute atomic E-state index is 6.54. The standard InChI is InChI=1S/C47H45N4O.Pt/c1-45(2,3)32-25-26-48-44(28-32)51-40-20-10-9-19-38(40)39-24-23-37(30-43(39)51)52-36-18-14-17-35(29-36)50-31-49(41-21-11-12-22-42(41)50)34-16-13-15-33(27-34)47(7,8)46(4,5)6;/h9-28,31H,1-8H3;/q-3;. The molecule has 5 aromatic carbocycles. The molecule has 5 nitrogen and oxygen atoms in total. The second-order valence-electron chi connectivity index (χ2n) is 16.4. The molecule has 8 rings (SSSR count). The van der Waals surface area contributed by atoms with Crippen molar-refractivity contribution in [2.75, 3.05) is 9.80 Å². The third-order valence-corrected chi connectivity index (χ3v) is 11.0. The molecule has 0 aliphatic carbocycles. The van der Waals surface area contributed by atoms with Crippen LogP contribution in [0.4, 0.5) is 22.7 Å². The molecule has 0 saturated carbocycles. The number of hydrogen-bond acceptors (Lipinski definition) is 4. The number of para-hydroxylation sites is 3. The van der Waals surface area contributed by atoms with Gasteiger partial charge in [0.25, 0.3) is 0 Å². The van der Waals surface area contributed by atoms with E-state index in [0.717, 1.165) is 50.4 Å². The summed E-state index contributed by atoms with van der Waals surface area (Å²) in [5.41, 5.74) is 8.83. The Labute approximate surface area is 328 Å². The van der Waals surface area contributed by atoms with E-state index in [1.165, 1.54) is 11.1 Å². The Morgan fingerprint density at radius 1 is 0.623 bits per heavy atom. The largest absolute Gasteiger partial charge is 0.509 e. The molecule has 0 N–H and O–H groups in total. The van der Waals surface area contributed by atoms with Crippen LogP contribution in [0, 0.1) is 24.2 Å². The van der Waals surface area contributed by atoms with Crippen molar-refractivity contribution in [2.24, 2.45) is 5.41 Å². The van der Waals surface area contributed by atoms with Crippen LogP contribution in [0.5, 0.6) is 11.5 Å². The molecule has 1 aliphatic rings. The quantitative estimate of drug-likeness (QED) is 0.156. The number of hydrogen-bond donors (Lipinski definition) is 0. The van der Waals surface area contributed by atoms with Crippen LogP contribution in [0.1, 0.15) is 66.5 Å². The molecule has 272 valence electrons. The molecule has 0 spiro atoms. The minimum atomic E-state index is -0.0112. The number of benzene rings is 5. The average Bonchev–Trinajstić information content (AvgIpc) is 3.67. The zero-order valence-corrected chi connectivity index (χ0v) is 33.9. The number of nitrogens with zero attached hydrogens (tertiary/aromatic N) is 4. The number of ether oxygens (including phenoxy) is 1. The van der Waals surface area contributed by atoms with Crippen molar-refractivity contribution in [1.82, 2.24) is 9.55 Å². The van der Waals surface area contributed by atoms with E-state index >= 15 is 0 Å². The zero-order chi connectivity index (χ0) is 36.4. The predicted octanol–water partition coefficient (Wildman–Crippen LogP) is 12.6. The molecule has 0 unspecified atom stereocenters. The fraction of sp³-hybridized carbons (Fsp3) is 0.234. The molecular formula is C47H45N4OPt-3.